The van der Waals surface area contributed by atoms with Gasteiger partial charge in [0.2, 0.25) is 11.8 Å². The highest BCUT2D eigenvalue weighted by Gasteiger charge is 2.36. The van der Waals surface area contributed by atoms with Gasteiger partial charge in [0.25, 0.3) is 0 Å². The average Bonchev–Trinajstić information content (AvgIpc) is 3.59. The molecule has 12 heteroatoms. The largest absolute Gasteiger partial charge is 0.443 e. The summed E-state index contributed by atoms with van der Waals surface area (Å²) in [5.74, 6) is -0.101. The zero-order valence-electron chi connectivity index (χ0n) is 23.4. The van der Waals surface area contributed by atoms with Gasteiger partial charge in [-0.05, 0) is 44.4 Å². The van der Waals surface area contributed by atoms with Crippen molar-refractivity contribution in [3.8, 4) is 0 Å². The summed E-state index contributed by atoms with van der Waals surface area (Å²) in [7, 11) is 3.34. The molecule has 2 aromatic heterocycles. The summed E-state index contributed by atoms with van der Waals surface area (Å²) in [4.78, 5) is 41.3. The van der Waals surface area contributed by atoms with Crippen molar-refractivity contribution >= 4 is 23.6 Å². The highest BCUT2D eigenvalue weighted by atomic mass is 16.6. The Bertz CT molecular complexity index is 1340. The van der Waals surface area contributed by atoms with E-state index >= 15 is 0 Å². The Hall–Kier alpha value is -4.03. The molecule has 1 aliphatic heterocycles. The van der Waals surface area contributed by atoms with Crippen LogP contribution in [0.5, 0.6) is 0 Å². The van der Waals surface area contributed by atoms with Gasteiger partial charge in [0, 0.05) is 20.6 Å². The van der Waals surface area contributed by atoms with Crippen LogP contribution < -0.4 is 11.1 Å². The Kier molecular flexibility index (Phi) is 9.00. The zero-order chi connectivity index (χ0) is 28.9. The van der Waals surface area contributed by atoms with Gasteiger partial charge in [-0.15, -0.1) is 10.2 Å². The Morgan fingerprint density at radius 1 is 1.10 bits per heavy atom. The van der Waals surface area contributed by atoms with Gasteiger partial charge in [0.15, 0.2) is 11.5 Å². The SMILES string of the molecule is CN(C)C(=O)C1CCCN1C(=O)OCc1cccc2nnc([C@@H](COCc3ccccc3)NC(=O)C(C)(C)N)n12. The van der Waals surface area contributed by atoms with E-state index in [9.17, 15) is 14.4 Å². The molecule has 0 aliphatic carbocycles. The zero-order valence-corrected chi connectivity index (χ0v) is 23.4. The molecule has 3 aromatic rings. The van der Waals surface area contributed by atoms with E-state index in [-0.39, 0.29) is 25.0 Å². The van der Waals surface area contributed by atoms with Crippen molar-refractivity contribution in [3.05, 3.63) is 65.6 Å². The lowest BCUT2D eigenvalue weighted by atomic mass is 10.1. The maximum absolute atomic E-state index is 13.0. The van der Waals surface area contributed by atoms with Crippen molar-refractivity contribution in [1.82, 2.24) is 29.7 Å². The predicted molar refractivity (Wildman–Crippen MR) is 147 cm³/mol. The molecule has 1 unspecified atom stereocenters. The number of aromatic nitrogens is 3. The number of nitrogens with zero attached hydrogens (tertiary/aromatic N) is 5. The number of nitrogens with one attached hydrogen (secondary N) is 1. The van der Waals surface area contributed by atoms with E-state index in [1.54, 1.807) is 50.5 Å². The van der Waals surface area contributed by atoms with Gasteiger partial charge < -0.3 is 25.4 Å². The molecule has 3 amide bonds. The molecule has 1 saturated heterocycles. The molecule has 1 aliphatic rings. The molecule has 2 atom stereocenters. The number of carbonyl (C=O) groups is 3. The normalized spacial score (nSPS) is 16.1. The van der Waals surface area contributed by atoms with E-state index in [4.69, 9.17) is 15.2 Å². The Morgan fingerprint density at radius 2 is 1.85 bits per heavy atom. The molecule has 0 bridgehead atoms. The lowest BCUT2D eigenvalue weighted by Crippen LogP contribution is -2.51. The summed E-state index contributed by atoms with van der Waals surface area (Å²) in [5, 5.41) is 11.6. The van der Waals surface area contributed by atoms with Crippen molar-refractivity contribution in [2.24, 2.45) is 5.73 Å². The summed E-state index contributed by atoms with van der Waals surface area (Å²) in [6.07, 6.45) is 0.760. The molecule has 0 spiro atoms. The van der Waals surface area contributed by atoms with E-state index in [2.05, 4.69) is 15.5 Å². The standard InChI is InChI=1S/C28H37N7O5/c1-28(2,29)26(37)30-21(18-39-16-19-10-6-5-7-11-19)24-32-31-23-14-8-12-20(35(23)24)17-40-27(38)34-15-9-13-22(34)25(36)33(3)4/h5-8,10-12,14,21-22H,9,13,15-18,29H2,1-4H3,(H,30,37)/t21-,22?/m1/s1. The van der Waals surface area contributed by atoms with Gasteiger partial charge in [-0.2, -0.15) is 0 Å². The number of likely N-dealkylation sites (tertiary alicyclic amines) is 1. The number of nitrogens with two attached hydrogens (primary N) is 1. The van der Waals surface area contributed by atoms with Crippen LogP contribution in [0.3, 0.4) is 0 Å². The van der Waals surface area contributed by atoms with E-state index in [1.165, 1.54) is 9.80 Å². The van der Waals surface area contributed by atoms with Crippen molar-refractivity contribution in [2.75, 3.05) is 27.2 Å². The second kappa shape index (κ2) is 12.4. The molecule has 40 heavy (non-hydrogen) atoms. The summed E-state index contributed by atoms with van der Waals surface area (Å²) in [5.41, 5.74) is 7.01. The molecular weight excluding hydrogens is 514 g/mol. The van der Waals surface area contributed by atoms with E-state index < -0.39 is 23.7 Å². The van der Waals surface area contributed by atoms with Gasteiger partial charge >= 0.3 is 6.09 Å². The van der Waals surface area contributed by atoms with E-state index in [0.29, 0.717) is 36.7 Å². The van der Waals surface area contributed by atoms with Crippen molar-refractivity contribution in [1.29, 1.82) is 0 Å². The number of pyridine rings is 1. The maximum atomic E-state index is 13.0. The molecule has 4 rings (SSSR count). The van der Waals surface area contributed by atoms with Crippen LogP contribution in [-0.2, 0) is 32.3 Å². The Balaban J connectivity index is 1.55. The Labute approximate surface area is 233 Å². The second-order valence-electron chi connectivity index (χ2n) is 10.7. The third kappa shape index (κ3) is 6.75. The lowest BCUT2D eigenvalue weighted by Gasteiger charge is -2.26. The quantitative estimate of drug-likeness (QED) is 0.390. The maximum Gasteiger partial charge on any atom is 0.410 e. The first-order valence-electron chi connectivity index (χ1n) is 13.2. The van der Waals surface area contributed by atoms with Crippen LogP contribution in [0.4, 0.5) is 4.79 Å². The van der Waals surface area contributed by atoms with Gasteiger partial charge in [0.1, 0.15) is 18.7 Å². The van der Waals surface area contributed by atoms with Crippen LogP contribution >= 0.6 is 0 Å². The summed E-state index contributed by atoms with van der Waals surface area (Å²) in [6, 6.07) is 13.8. The molecular formula is C28H37N7O5. The fourth-order valence-corrected chi connectivity index (χ4v) is 4.52. The molecule has 1 aromatic carbocycles. The van der Waals surface area contributed by atoms with Crippen molar-refractivity contribution < 1.29 is 23.9 Å². The first kappa shape index (κ1) is 29.0. The number of hydrogen-bond acceptors (Lipinski definition) is 8. The minimum absolute atomic E-state index is 0.0888. The molecule has 214 valence electrons. The molecule has 1 fully saturated rings. The highest BCUT2D eigenvalue weighted by molar-refractivity contribution is 5.86. The van der Waals surface area contributed by atoms with Crippen molar-refractivity contribution in [3.63, 3.8) is 0 Å². The molecule has 12 nitrogen and oxygen atoms in total. The van der Waals surface area contributed by atoms with Crippen LogP contribution in [0.2, 0.25) is 0 Å². The third-order valence-electron chi connectivity index (χ3n) is 6.69. The predicted octanol–water partition coefficient (Wildman–Crippen LogP) is 2.03. The fraction of sp³-hybridized carbons (Fsp3) is 0.464. The van der Waals surface area contributed by atoms with Gasteiger partial charge in [-0.25, -0.2) is 4.79 Å². The monoisotopic (exact) mass is 551 g/mol. The Morgan fingerprint density at radius 3 is 2.55 bits per heavy atom. The fourth-order valence-electron chi connectivity index (χ4n) is 4.52. The summed E-state index contributed by atoms with van der Waals surface area (Å²) in [6.45, 7) is 4.03. The van der Waals surface area contributed by atoms with E-state index in [0.717, 1.165) is 12.0 Å². The molecule has 3 N–H and O–H groups in total. The number of carbonyl (C=O) groups excluding carboxylic acids is 3. The molecule has 3 heterocycles. The van der Waals surface area contributed by atoms with Gasteiger partial charge in [-0.3, -0.25) is 18.9 Å². The van der Waals surface area contributed by atoms with Crippen LogP contribution in [0, 0.1) is 0 Å². The number of ether oxygens (including phenoxy) is 2. The third-order valence-corrected chi connectivity index (χ3v) is 6.69. The summed E-state index contributed by atoms with van der Waals surface area (Å²) >= 11 is 0. The first-order chi connectivity index (χ1) is 19.1. The number of benzene rings is 1. The van der Waals surface area contributed by atoms with Crippen LogP contribution in [-0.4, -0.2) is 81.1 Å². The highest BCUT2D eigenvalue weighted by Crippen LogP contribution is 2.22. The lowest BCUT2D eigenvalue weighted by molar-refractivity contribution is -0.133. The van der Waals surface area contributed by atoms with E-state index in [1.807, 2.05) is 30.3 Å². The molecule has 0 radical (unpaired) electrons. The topological polar surface area (TPSA) is 144 Å². The number of fused-ring (bicyclic) bond motifs is 1. The number of rotatable bonds is 10. The van der Waals surface area contributed by atoms with Crippen LogP contribution in [0.25, 0.3) is 5.65 Å². The first-order valence-corrected chi connectivity index (χ1v) is 13.2. The van der Waals surface area contributed by atoms with Crippen LogP contribution in [0.1, 0.15) is 49.8 Å². The average molecular weight is 552 g/mol. The van der Waals surface area contributed by atoms with Gasteiger partial charge in [0.05, 0.1) is 24.4 Å². The smallest absolute Gasteiger partial charge is 0.410 e. The number of hydrogen-bond donors (Lipinski definition) is 2. The number of likely N-dealkylation sites (N-methyl/N-ethyl adjacent to an activating group) is 1. The molecule has 0 saturated carbocycles. The van der Waals surface area contributed by atoms with Crippen molar-refractivity contribution in [2.45, 2.75) is 57.5 Å². The number of amides is 3. The summed E-state index contributed by atoms with van der Waals surface area (Å²) < 4.78 is 13.4. The minimum atomic E-state index is -1.13. The second-order valence-corrected chi connectivity index (χ2v) is 10.7. The minimum Gasteiger partial charge on any atom is -0.443 e. The van der Waals surface area contributed by atoms with Gasteiger partial charge in [-0.1, -0.05) is 36.4 Å². The van der Waals surface area contributed by atoms with Crippen LogP contribution in [0.15, 0.2) is 48.5 Å².